The van der Waals surface area contributed by atoms with E-state index in [4.69, 9.17) is 4.74 Å². The molecular weight excluding hydrogens is 266 g/mol. The van der Waals surface area contributed by atoms with Crippen LogP contribution < -0.4 is 5.32 Å². The van der Waals surface area contributed by atoms with Crippen LogP contribution in [0.3, 0.4) is 0 Å². The molecule has 104 valence electrons. The zero-order valence-electron chi connectivity index (χ0n) is 9.76. The van der Waals surface area contributed by atoms with Crippen molar-refractivity contribution in [1.29, 1.82) is 0 Å². The molecule has 0 aromatic heterocycles. The van der Waals surface area contributed by atoms with Gasteiger partial charge in [-0.2, -0.15) is 13.2 Å². The predicted octanol–water partition coefficient (Wildman–Crippen LogP) is 2.12. The van der Waals surface area contributed by atoms with Gasteiger partial charge in [0.2, 0.25) is 5.91 Å². The van der Waals surface area contributed by atoms with Crippen LogP contribution in [-0.4, -0.2) is 25.3 Å². The van der Waals surface area contributed by atoms with Gasteiger partial charge in [0.15, 0.2) is 5.54 Å². The van der Waals surface area contributed by atoms with Crippen LogP contribution in [0.5, 0.6) is 0 Å². The number of benzene rings is 1. The van der Waals surface area contributed by atoms with Crippen molar-refractivity contribution in [2.75, 3.05) is 13.2 Å². The summed E-state index contributed by atoms with van der Waals surface area (Å²) < 4.78 is 58.6. The van der Waals surface area contributed by atoms with Crippen molar-refractivity contribution in [2.45, 2.75) is 18.1 Å². The second-order valence-electron chi connectivity index (χ2n) is 4.23. The Balaban J connectivity index is 2.58. The molecular formula is C12H11F4NO2. The van der Waals surface area contributed by atoms with Gasteiger partial charge in [-0.3, -0.25) is 4.79 Å². The molecule has 1 heterocycles. The van der Waals surface area contributed by atoms with E-state index in [-0.39, 0.29) is 6.61 Å². The molecule has 0 saturated carbocycles. The van der Waals surface area contributed by atoms with E-state index in [0.717, 1.165) is 12.1 Å². The lowest BCUT2D eigenvalue weighted by Gasteiger charge is -2.35. The number of hydrogen-bond acceptors (Lipinski definition) is 2. The first kappa shape index (κ1) is 13.8. The number of hydrogen-bond donors (Lipinski definition) is 1. The summed E-state index contributed by atoms with van der Waals surface area (Å²) in [5.41, 5.74) is -3.34. The quantitative estimate of drug-likeness (QED) is 0.798. The molecule has 0 radical (unpaired) electrons. The predicted molar refractivity (Wildman–Crippen MR) is 57.7 cm³/mol. The number of carbonyl (C=O) groups excluding carboxylic acids is 1. The van der Waals surface area contributed by atoms with Gasteiger partial charge in [0.05, 0.1) is 6.61 Å². The molecule has 0 aliphatic carbocycles. The smallest absolute Gasteiger partial charge is 0.372 e. The van der Waals surface area contributed by atoms with Gasteiger partial charge in [0.1, 0.15) is 12.4 Å². The first-order valence-electron chi connectivity index (χ1n) is 5.57. The standard InChI is InChI=1S/C12H11F4NO2/c13-9-4-2-1-3-8(9)11(12(14,15)16)5-6-19-7-10(18)17-11/h1-4H,5-7H2,(H,17,18). The number of carbonyl (C=O) groups is 1. The molecule has 7 heteroatoms. The third kappa shape index (κ3) is 2.42. The fraction of sp³-hybridized carbons (Fsp3) is 0.417. The Kier molecular flexibility index (Phi) is 3.49. The Labute approximate surface area is 106 Å². The summed E-state index contributed by atoms with van der Waals surface area (Å²) in [7, 11) is 0. The molecule has 1 unspecified atom stereocenters. The van der Waals surface area contributed by atoms with Gasteiger partial charge < -0.3 is 10.1 Å². The van der Waals surface area contributed by atoms with Gasteiger partial charge in [-0.25, -0.2) is 4.39 Å². The summed E-state index contributed by atoms with van der Waals surface area (Å²) in [6, 6.07) is 4.54. The average Bonchev–Trinajstić information content (AvgIpc) is 2.51. The van der Waals surface area contributed by atoms with E-state index in [1.807, 2.05) is 5.32 Å². The molecule has 19 heavy (non-hydrogen) atoms. The van der Waals surface area contributed by atoms with E-state index in [1.54, 1.807) is 0 Å². The first-order valence-corrected chi connectivity index (χ1v) is 5.57. The second kappa shape index (κ2) is 4.80. The lowest BCUT2D eigenvalue weighted by molar-refractivity contribution is -0.204. The van der Waals surface area contributed by atoms with Crippen molar-refractivity contribution >= 4 is 5.91 Å². The third-order valence-corrected chi connectivity index (χ3v) is 3.02. The van der Waals surface area contributed by atoms with Gasteiger partial charge in [-0.15, -0.1) is 0 Å². The minimum atomic E-state index is -4.82. The first-order chi connectivity index (χ1) is 8.87. The van der Waals surface area contributed by atoms with Gasteiger partial charge >= 0.3 is 6.18 Å². The number of amides is 1. The molecule has 0 spiro atoms. The van der Waals surface area contributed by atoms with Crippen molar-refractivity contribution in [3.05, 3.63) is 35.6 Å². The summed E-state index contributed by atoms with van der Waals surface area (Å²) in [5.74, 6) is -1.93. The number of nitrogens with one attached hydrogen (secondary N) is 1. The Morgan fingerprint density at radius 2 is 1.95 bits per heavy atom. The van der Waals surface area contributed by atoms with Crippen LogP contribution in [-0.2, 0) is 15.1 Å². The highest BCUT2D eigenvalue weighted by molar-refractivity contribution is 5.78. The largest absolute Gasteiger partial charge is 0.415 e. The highest BCUT2D eigenvalue weighted by atomic mass is 19.4. The number of rotatable bonds is 1. The van der Waals surface area contributed by atoms with E-state index >= 15 is 0 Å². The van der Waals surface area contributed by atoms with Crippen LogP contribution in [0.2, 0.25) is 0 Å². The fourth-order valence-corrected chi connectivity index (χ4v) is 2.10. The number of alkyl halides is 3. The van der Waals surface area contributed by atoms with E-state index in [0.29, 0.717) is 0 Å². The highest BCUT2D eigenvalue weighted by Gasteiger charge is 2.58. The van der Waals surface area contributed by atoms with Crippen LogP contribution in [0.25, 0.3) is 0 Å². The minimum Gasteiger partial charge on any atom is -0.372 e. The topological polar surface area (TPSA) is 38.3 Å². The Hall–Kier alpha value is -1.63. The van der Waals surface area contributed by atoms with Crippen LogP contribution in [0, 0.1) is 5.82 Å². The zero-order valence-corrected chi connectivity index (χ0v) is 9.76. The maximum Gasteiger partial charge on any atom is 0.415 e. The SMILES string of the molecule is O=C1COCCC(c2ccccc2F)(C(F)(F)F)N1. The molecule has 0 bridgehead atoms. The molecule has 1 saturated heterocycles. The summed E-state index contributed by atoms with van der Waals surface area (Å²) in [4.78, 5) is 11.4. The molecule has 1 aromatic carbocycles. The summed E-state index contributed by atoms with van der Waals surface area (Å²) in [5, 5.41) is 1.86. The van der Waals surface area contributed by atoms with Crippen molar-refractivity contribution in [2.24, 2.45) is 0 Å². The zero-order chi connectivity index (χ0) is 14.1. The normalized spacial score (nSPS) is 24.7. The molecule has 1 amide bonds. The van der Waals surface area contributed by atoms with Crippen LogP contribution in [0.4, 0.5) is 17.6 Å². The van der Waals surface area contributed by atoms with Crippen molar-refractivity contribution in [3.8, 4) is 0 Å². The molecule has 1 aliphatic rings. The fourth-order valence-electron chi connectivity index (χ4n) is 2.10. The second-order valence-corrected chi connectivity index (χ2v) is 4.23. The van der Waals surface area contributed by atoms with E-state index in [2.05, 4.69) is 0 Å². The maximum atomic E-state index is 13.7. The van der Waals surface area contributed by atoms with E-state index in [9.17, 15) is 22.4 Å². The van der Waals surface area contributed by atoms with Crippen molar-refractivity contribution in [1.82, 2.24) is 5.32 Å². The van der Waals surface area contributed by atoms with Crippen molar-refractivity contribution < 1.29 is 27.1 Å². The van der Waals surface area contributed by atoms with E-state index in [1.165, 1.54) is 12.1 Å². The minimum absolute atomic E-state index is 0.285. The Bertz CT molecular complexity index is 489. The molecule has 1 N–H and O–H groups in total. The monoisotopic (exact) mass is 277 g/mol. The lowest BCUT2D eigenvalue weighted by Crippen LogP contribution is -2.56. The summed E-state index contributed by atoms with van der Waals surface area (Å²) >= 11 is 0. The average molecular weight is 277 g/mol. The lowest BCUT2D eigenvalue weighted by atomic mass is 9.85. The highest BCUT2D eigenvalue weighted by Crippen LogP contribution is 2.43. The maximum absolute atomic E-state index is 13.7. The summed E-state index contributed by atoms with van der Waals surface area (Å²) in [6.45, 7) is -0.751. The Morgan fingerprint density at radius 3 is 2.58 bits per heavy atom. The van der Waals surface area contributed by atoms with E-state index < -0.39 is 42.0 Å². The Morgan fingerprint density at radius 1 is 1.26 bits per heavy atom. The van der Waals surface area contributed by atoms with Gasteiger partial charge in [0.25, 0.3) is 0 Å². The number of ether oxygens (including phenoxy) is 1. The molecule has 3 nitrogen and oxygen atoms in total. The van der Waals surface area contributed by atoms with Crippen LogP contribution in [0.15, 0.2) is 24.3 Å². The van der Waals surface area contributed by atoms with Gasteiger partial charge in [0, 0.05) is 12.0 Å². The summed E-state index contributed by atoms with van der Waals surface area (Å²) in [6.07, 6.45) is -5.39. The van der Waals surface area contributed by atoms with Crippen LogP contribution >= 0.6 is 0 Å². The van der Waals surface area contributed by atoms with Crippen LogP contribution in [0.1, 0.15) is 12.0 Å². The third-order valence-electron chi connectivity index (χ3n) is 3.02. The van der Waals surface area contributed by atoms with Gasteiger partial charge in [-0.1, -0.05) is 18.2 Å². The van der Waals surface area contributed by atoms with Crippen molar-refractivity contribution in [3.63, 3.8) is 0 Å². The molecule has 1 fully saturated rings. The molecule has 2 rings (SSSR count). The molecule has 1 atom stereocenters. The number of halogens is 4. The van der Waals surface area contributed by atoms with Gasteiger partial charge in [-0.05, 0) is 6.07 Å². The molecule has 1 aromatic rings. The molecule has 1 aliphatic heterocycles.